The summed E-state index contributed by atoms with van der Waals surface area (Å²) in [6.07, 6.45) is 0. The predicted molar refractivity (Wildman–Crippen MR) is 74.8 cm³/mol. The van der Waals surface area contributed by atoms with Crippen LogP contribution in [-0.2, 0) is 0 Å². The third-order valence-corrected chi connectivity index (χ3v) is 3.27. The summed E-state index contributed by atoms with van der Waals surface area (Å²) in [6, 6.07) is 5.46. The number of aromatic carboxylic acids is 1. The largest absolute Gasteiger partial charge is 0.477 e. The lowest BCUT2D eigenvalue weighted by Gasteiger charge is -2.12. The number of hydrogen-bond donors (Lipinski definition) is 1. The fourth-order valence-electron chi connectivity index (χ4n) is 1.81. The van der Waals surface area contributed by atoms with Crippen molar-refractivity contribution in [1.82, 2.24) is 4.98 Å². The Balaban J connectivity index is 2.53. The zero-order valence-corrected chi connectivity index (χ0v) is 12.4. The first-order valence-corrected chi connectivity index (χ1v) is 6.52. The highest BCUT2D eigenvalue weighted by Crippen LogP contribution is 2.33. The molecule has 2 aromatic rings. The zero-order valence-electron chi connectivity index (χ0n) is 10.8. The molecule has 0 radical (unpaired) electrons. The van der Waals surface area contributed by atoms with Gasteiger partial charge in [0.25, 0.3) is 0 Å². The molecular weight excluding hydrogens is 329 g/mol. The summed E-state index contributed by atoms with van der Waals surface area (Å²) in [7, 11) is 0. The number of hydrogen-bond acceptors (Lipinski definition) is 3. The number of carboxylic acids is 1. The van der Waals surface area contributed by atoms with Crippen molar-refractivity contribution >= 4 is 21.9 Å². The lowest BCUT2D eigenvalue weighted by molar-refractivity contribution is 0.0692. The number of aromatic nitrogens is 1. The van der Waals surface area contributed by atoms with Gasteiger partial charge in [-0.15, -0.1) is 0 Å². The second kappa shape index (κ2) is 5.58. The molecule has 0 aliphatic heterocycles. The number of benzene rings is 1. The van der Waals surface area contributed by atoms with Crippen molar-refractivity contribution in [3.63, 3.8) is 0 Å². The van der Waals surface area contributed by atoms with E-state index in [2.05, 4.69) is 20.9 Å². The van der Waals surface area contributed by atoms with E-state index in [1.165, 1.54) is 24.3 Å². The van der Waals surface area contributed by atoms with Crippen LogP contribution in [0.1, 0.15) is 21.7 Å². The van der Waals surface area contributed by atoms with E-state index in [0.717, 1.165) is 0 Å². The van der Waals surface area contributed by atoms with Crippen LogP contribution in [0.5, 0.6) is 11.5 Å². The van der Waals surface area contributed by atoms with Gasteiger partial charge in [-0.1, -0.05) is 0 Å². The Kier molecular flexibility index (Phi) is 4.04. The molecule has 0 aliphatic carbocycles. The molecule has 6 heteroatoms. The van der Waals surface area contributed by atoms with Crippen LogP contribution in [0.4, 0.5) is 4.39 Å². The molecule has 0 spiro atoms. The molecule has 4 nitrogen and oxygen atoms in total. The highest BCUT2D eigenvalue weighted by Gasteiger charge is 2.18. The van der Waals surface area contributed by atoms with Gasteiger partial charge in [-0.05, 0) is 41.9 Å². The summed E-state index contributed by atoms with van der Waals surface area (Å²) in [6.45, 7) is 3.32. The number of pyridine rings is 1. The average Bonchev–Trinajstić information content (AvgIpc) is 2.32. The summed E-state index contributed by atoms with van der Waals surface area (Å²) >= 11 is 3.23. The van der Waals surface area contributed by atoms with Gasteiger partial charge in [0.2, 0.25) is 0 Å². The van der Waals surface area contributed by atoms with E-state index in [1.807, 2.05) is 0 Å². The highest BCUT2D eigenvalue weighted by molar-refractivity contribution is 9.10. The van der Waals surface area contributed by atoms with E-state index in [9.17, 15) is 14.3 Å². The molecule has 20 heavy (non-hydrogen) atoms. The van der Waals surface area contributed by atoms with Gasteiger partial charge in [0, 0.05) is 17.8 Å². The smallest absolute Gasteiger partial charge is 0.341 e. The summed E-state index contributed by atoms with van der Waals surface area (Å²) < 4.78 is 19.3. The van der Waals surface area contributed by atoms with Crippen LogP contribution in [0, 0.1) is 19.7 Å². The standard InChI is InChI=1S/C14H11BrFNO3/c1-7-5-12(13(14(18)19)8(2)17-7)20-11-6-9(16)3-4-10(11)15/h3-6H,1-2H3,(H,18,19). The third kappa shape index (κ3) is 2.96. The number of carboxylic acid groups (broad SMARTS) is 1. The van der Waals surface area contributed by atoms with Crippen molar-refractivity contribution in [3.8, 4) is 11.5 Å². The summed E-state index contributed by atoms with van der Waals surface area (Å²) in [4.78, 5) is 15.4. The number of aryl methyl sites for hydroxylation is 2. The second-order valence-corrected chi connectivity index (χ2v) is 5.06. The van der Waals surface area contributed by atoms with Crippen molar-refractivity contribution in [1.29, 1.82) is 0 Å². The topological polar surface area (TPSA) is 59.4 Å². The van der Waals surface area contributed by atoms with Crippen LogP contribution in [0.15, 0.2) is 28.7 Å². The van der Waals surface area contributed by atoms with Gasteiger partial charge in [0.05, 0.1) is 10.2 Å². The molecular formula is C14H11BrFNO3. The lowest BCUT2D eigenvalue weighted by atomic mass is 10.1. The lowest BCUT2D eigenvalue weighted by Crippen LogP contribution is -2.06. The Morgan fingerprint density at radius 2 is 2.00 bits per heavy atom. The minimum absolute atomic E-state index is 0.0354. The van der Waals surface area contributed by atoms with E-state index in [-0.39, 0.29) is 17.1 Å². The zero-order chi connectivity index (χ0) is 14.9. The summed E-state index contributed by atoms with van der Waals surface area (Å²) in [5, 5.41) is 9.23. The molecule has 0 fully saturated rings. The molecule has 1 N–H and O–H groups in total. The SMILES string of the molecule is Cc1cc(Oc2cc(F)ccc2Br)c(C(=O)O)c(C)n1. The maximum absolute atomic E-state index is 13.2. The molecule has 0 bridgehead atoms. The van der Waals surface area contributed by atoms with Crippen molar-refractivity contribution in [2.24, 2.45) is 0 Å². The Labute approximate surface area is 123 Å². The van der Waals surface area contributed by atoms with Gasteiger partial charge in [0.1, 0.15) is 22.9 Å². The fourth-order valence-corrected chi connectivity index (χ4v) is 2.13. The van der Waals surface area contributed by atoms with E-state index < -0.39 is 11.8 Å². The quantitative estimate of drug-likeness (QED) is 0.914. The number of nitrogens with zero attached hydrogens (tertiary/aromatic N) is 1. The Hall–Kier alpha value is -1.95. The molecule has 0 saturated heterocycles. The minimum atomic E-state index is -1.14. The number of rotatable bonds is 3. The monoisotopic (exact) mass is 339 g/mol. The minimum Gasteiger partial charge on any atom is -0.477 e. The maximum Gasteiger partial charge on any atom is 0.341 e. The van der Waals surface area contributed by atoms with Crippen LogP contribution in [0.25, 0.3) is 0 Å². The molecule has 104 valence electrons. The number of carbonyl (C=O) groups is 1. The summed E-state index contributed by atoms with van der Waals surface area (Å²) in [5.74, 6) is -1.27. The van der Waals surface area contributed by atoms with E-state index in [4.69, 9.17) is 4.74 Å². The van der Waals surface area contributed by atoms with Crippen molar-refractivity contribution in [2.75, 3.05) is 0 Å². The van der Waals surface area contributed by atoms with Crippen molar-refractivity contribution in [3.05, 3.63) is 51.5 Å². The van der Waals surface area contributed by atoms with Crippen LogP contribution < -0.4 is 4.74 Å². The Morgan fingerprint density at radius 1 is 1.30 bits per heavy atom. The normalized spacial score (nSPS) is 10.4. The van der Waals surface area contributed by atoms with E-state index in [0.29, 0.717) is 15.9 Å². The van der Waals surface area contributed by atoms with Crippen LogP contribution in [0.3, 0.4) is 0 Å². The van der Waals surface area contributed by atoms with Crippen molar-refractivity contribution in [2.45, 2.75) is 13.8 Å². The first kappa shape index (κ1) is 14.5. The van der Waals surface area contributed by atoms with E-state index >= 15 is 0 Å². The van der Waals surface area contributed by atoms with Gasteiger partial charge in [-0.25, -0.2) is 9.18 Å². The van der Waals surface area contributed by atoms with Gasteiger partial charge < -0.3 is 9.84 Å². The molecule has 0 aliphatic rings. The van der Waals surface area contributed by atoms with Crippen molar-refractivity contribution < 1.29 is 19.0 Å². The van der Waals surface area contributed by atoms with Crippen LogP contribution in [0.2, 0.25) is 0 Å². The number of halogens is 2. The highest BCUT2D eigenvalue weighted by atomic mass is 79.9. The molecule has 0 unspecified atom stereocenters. The third-order valence-electron chi connectivity index (χ3n) is 2.62. The first-order valence-electron chi connectivity index (χ1n) is 5.73. The molecule has 0 amide bonds. The molecule has 0 atom stereocenters. The number of ether oxygens (including phenoxy) is 1. The van der Waals surface area contributed by atoms with Gasteiger partial charge >= 0.3 is 5.97 Å². The fraction of sp³-hybridized carbons (Fsp3) is 0.143. The Morgan fingerprint density at radius 3 is 2.65 bits per heavy atom. The first-order chi connectivity index (χ1) is 9.38. The second-order valence-electron chi connectivity index (χ2n) is 4.20. The Bertz CT molecular complexity index is 688. The van der Waals surface area contributed by atoms with Gasteiger partial charge in [-0.2, -0.15) is 0 Å². The molecule has 0 saturated carbocycles. The van der Waals surface area contributed by atoms with Gasteiger partial charge in [0.15, 0.2) is 0 Å². The average molecular weight is 340 g/mol. The molecule has 2 rings (SSSR count). The van der Waals surface area contributed by atoms with Crippen LogP contribution in [-0.4, -0.2) is 16.1 Å². The molecule has 1 aromatic carbocycles. The van der Waals surface area contributed by atoms with E-state index in [1.54, 1.807) is 13.8 Å². The van der Waals surface area contributed by atoms with Crippen LogP contribution >= 0.6 is 15.9 Å². The molecule has 1 heterocycles. The maximum atomic E-state index is 13.2. The van der Waals surface area contributed by atoms with Gasteiger partial charge in [-0.3, -0.25) is 4.98 Å². The molecule has 1 aromatic heterocycles. The summed E-state index contributed by atoms with van der Waals surface area (Å²) in [5.41, 5.74) is 0.932. The predicted octanol–water partition coefficient (Wildman–Crippen LogP) is 4.09.